The van der Waals surface area contributed by atoms with Crippen LogP contribution in [0, 0.1) is 5.82 Å². The van der Waals surface area contributed by atoms with Crippen LogP contribution in [0.2, 0.25) is 5.02 Å². The van der Waals surface area contributed by atoms with Gasteiger partial charge in [-0.2, -0.15) is 0 Å². The summed E-state index contributed by atoms with van der Waals surface area (Å²) in [6.45, 7) is -0.0645. The molecule has 0 unspecified atom stereocenters. The van der Waals surface area contributed by atoms with Gasteiger partial charge < -0.3 is 14.8 Å². The lowest BCUT2D eigenvalue weighted by molar-refractivity contribution is -0.115. The average molecular weight is 469 g/mol. The molecule has 3 aromatic rings. The molecule has 162 valence electrons. The van der Waals surface area contributed by atoms with Gasteiger partial charge in [0.05, 0.1) is 22.7 Å². The highest BCUT2D eigenvalue weighted by atomic mass is 35.5. The van der Waals surface area contributed by atoms with Crippen LogP contribution in [-0.2, 0) is 11.4 Å². The Balaban J connectivity index is 1.55. The summed E-state index contributed by atoms with van der Waals surface area (Å²) in [6, 6.07) is 19.1. The summed E-state index contributed by atoms with van der Waals surface area (Å²) < 4.78 is 25.2. The molecule has 0 aromatic heterocycles. The topological polar surface area (TPSA) is 59.9 Å². The van der Waals surface area contributed by atoms with E-state index in [2.05, 4.69) is 10.3 Å². The Bertz CT molecular complexity index is 1190. The summed E-state index contributed by atoms with van der Waals surface area (Å²) in [4.78, 5) is 17.3. The van der Waals surface area contributed by atoms with Crippen LogP contribution in [-0.4, -0.2) is 18.2 Å². The van der Waals surface area contributed by atoms with Gasteiger partial charge in [-0.15, -0.1) is 0 Å². The number of hydrogen-bond acceptors (Lipinski definition) is 5. The minimum atomic E-state index is -0.445. The number of nitrogens with one attached hydrogen (secondary N) is 1. The summed E-state index contributed by atoms with van der Waals surface area (Å²) in [7, 11) is 1.52. The highest BCUT2D eigenvalue weighted by Gasteiger charge is 2.24. The van der Waals surface area contributed by atoms with Gasteiger partial charge in [0.2, 0.25) is 0 Å². The maximum Gasteiger partial charge on any atom is 0.264 e. The van der Waals surface area contributed by atoms with Crippen LogP contribution in [0.3, 0.4) is 0 Å². The van der Waals surface area contributed by atoms with Gasteiger partial charge in [-0.3, -0.25) is 4.79 Å². The molecular formula is C24H18ClFN2O3S. The molecule has 32 heavy (non-hydrogen) atoms. The largest absolute Gasteiger partial charge is 0.493 e. The molecule has 1 saturated heterocycles. The minimum Gasteiger partial charge on any atom is -0.493 e. The molecule has 0 saturated carbocycles. The molecule has 0 atom stereocenters. The van der Waals surface area contributed by atoms with Crippen LogP contribution in [0.1, 0.15) is 11.1 Å². The number of carbonyl (C=O) groups excluding carboxylic acids is 1. The second kappa shape index (κ2) is 9.89. The van der Waals surface area contributed by atoms with Gasteiger partial charge in [0.1, 0.15) is 12.4 Å². The van der Waals surface area contributed by atoms with Gasteiger partial charge >= 0.3 is 0 Å². The molecule has 1 aliphatic rings. The fourth-order valence-corrected chi connectivity index (χ4v) is 4.03. The number of nitrogens with zero attached hydrogens (tertiary/aromatic N) is 1. The molecule has 5 nitrogen and oxygen atoms in total. The van der Waals surface area contributed by atoms with Crippen molar-refractivity contribution in [3.05, 3.63) is 93.6 Å². The quantitative estimate of drug-likeness (QED) is 0.453. The molecule has 1 amide bonds. The summed E-state index contributed by atoms with van der Waals surface area (Å²) in [6.07, 6.45) is 1.73. The maximum atomic E-state index is 14.1. The Kier molecular flexibility index (Phi) is 6.78. The van der Waals surface area contributed by atoms with Crippen LogP contribution in [0.4, 0.5) is 10.1 Å². The number of halogens is 2. The van der Waals surface area contributed by atoms with E-state index in [-0.39, 0.29) is 23.1 Å². The molecule has 0 spiro atoms. The van der Waals surface area contributed by atoms with E-state index in [1.54, 1.807) is 30.3 Å². The van der Waals surface area contributed by atoms with Gasteiger partial charge in [-0.05, 0) is 59.8 Å². The Morgan fingerprint density at radius 1 is 1.09 bits per heavy atom. The number of benzene rings is 3. The Labute approximate surface area is 193 Å². The first kappa shape index (κ1) is 21.9. The van der Waals surface area contributed by atoms with E-state index in [4.69, 9.17) is 21.1 Å². The highest BCUT2D eigenvalue weighted by Crippen LogP contribution is 2.33. The zero-order valence-corrected chi connectivity index (χ0v) is 18.5. The number of rotatable bonds is 6. The molecule has 0 radical (unpaired) electrons. The number of amides is 1. The number of thioether (sulfide) groups is 1. The fraction of sp³-hybridized carbons (Fsp3) is 0.0833. The van der Waals surface area contributed by atoms with E-state index in [9.17, 15) is 9.18 Å². The van der Waals surface area contributed by atoms with Gasteiger partial charge in [-0.1, -0.05) is 41.9 Å². The van der Waals surface area contributed by atoms with E-state index in [0.717, 1.165) is 11.3 Å². The van der Waals surface area contributed by atoms with Crippen LogP contribution in [0.25, 0.3) is 6.08 Å². The van der Waals surface area contributed by atoms with Crippen molar-refractivity contribution in [1.29, 1.82) is 0 Å². The average Bonchev–Trinajstić information content (AvgIpc) is 3.12. The van der Waals surface area contributed by atoms with E-state index < -0.39 is 5.82 Å². The normalized spacial score (nSPS) is 15.8. The minimum absolute atomic E-state index is 0.0645. The third kappa shape index (κ3) is 5.12. The Morgan fingerprint density at radius 2 is 1.91 bits per heavy atom. The third-order valence-corrected chi connectivity index (χ3v) is 5.82. The molecule has 8 heteroatoms. The highest BCUT2D eigenvalue weighted by molar-refractivity contribution is 8.18. The number of ether oxygens (including phenoxy) is 2. The van der Waals surface area contributed by atoms with Crippen molar-refractivity contribution in [3.8, 4) is 11.5 Å². The number of para-hydroxylation sites is 1. The first-order chi connectivity index (χ1) is 15.5. The zero-order chi connectivity index (χ0) is 22.5. The van der Waals surface area contributed by atoms with Crippen LogP contribution < -0.4 is 14.8 Å². The lowest BCUT2D eigenvalue weighted by atomic mass is 10.1. The van der Waals surface area contributed by atoms with Gasteiger partial charge in [0, 0.05) is 5.56 Å². The second-order valence-corrected chi connectivity index (χ2v) is 8.15. The van der Waals surface area contributed by atoms with E-state index in [1.807, 2.05) is 30.3 Å². The van der Waals surface area contributed by atoms with Crippen LogP contribution >= 0.6 is 23.4 Å². The second-order valence-electron chi connectivity index (χ2n) is 6.72. The lowest BCUT2D eigenvalue weighted by Crippen LogP contribution is -2.19. The van der Waals surface area contributed by atoms with E-state index in [1.165, 1.54) is 31.0 Å². The number of carbonyl (C=O) groups is 1. The smallest absolute Gasteiger partial charge is 0.264 e. The number of aliphatic imine (C=N–C) groups is 1. The summed E-state index contributed by atoms with van der Waals surface area (Å²) >= 11 is 7.33. The van der Waals surface area contributed by atoms with Crippen LogP contribution in [0.15, 0.2) is 76.6 Å². The lowest BCUT2D eigenvalue weighted by Gasteiger charge is -2.13. The summed E-state index contributed by atoms with van der Waals surface area (Å²) in [5, 5.41) is 3.55. The van der Waals surface area contributed by atoms with Crippen molar-refractivity contribution in [2.24, 2.45) is 4.99 Å². The zero-order valence-electron chi connectivity index (χ0n) is 17.0. The Hall–Kier alpha value is -3.29. The van der Waals surface area contributed by atoms with Gasteiger partial charge in [0.25, 0.3) is 5.91 Å². The molecule has 4 rings (SSSR count). The predicted octanol–water partition coefficient (Wildman–Crippen LogP) is 5.96. The summed E-state index contributed by atoms with van der Waals surface area (Å²) in [5.41, 5.74) is 1.73. The van der Waals surface area contributed by atoms with Crippen LogP contribution in [0.5, 0.6) is 11.5 Å². The van der Waals surface area contributed by atoms with Crippen molar-refractivity contribution in [2.75, 3.05) is 7.11 Å². The Morgan fingerprint density at radius 3 is 2.66 bits per heavy atom. The molecule has 1 N–H and O–H groups in total. The number of amidine groups is 1. The van der Waals surface area contributed by atoms with Crippen molar-refractivity contribution < 1.29 is 18.7 Å². The molecular weight excluding hydrogens is 451 g/mol. The maximum absolute atomic E-state index is 14.1. The standard InChI is InChI=1S/C24H18ClFN2O3S/c1-30-20-11-10-15(12-21(20)31-14-17-18(25)8-5-9-19(17)26)13-22-23(29)28-24(32-22)27-16-6-3-2-4-7-16/h2-13H,14H2,1H3,(H,27,28,29)/b22-13+. The molecule has 3 aromatic carbocycles. The summed E-state index contributed by atoms with van der Waals surface area (Å²) in [5.74, 6) is 0.206. The van der Waals surface area contributed by atoms with E-state index >= 15 is 0 Å². The van der Waals surface area contributed by atoms with E-state index in [0.29, 0.717) is 21.6 Å². The third-order valence-electron chi connectivity index (χ3n) is 4.56. The van der Waals surface area contributed by atoms with Gasteiger partial charge in [-0.25, -0.2) is 9.38 Å². The van der Waals surface area contributed by atoms with Crippen molar-refractivity contribution in [3.63, 3.8) is 0 Å². The number of methoxy groups -OCH3 is 1. The predicted molar refractivity (Wildman–Crippen MR) is 126 cm³/mol. The molecule has 1 aliphatic heterocycles. The fourth-order valence-electron chi connectivity index (χ4n) is 2.97. The van der Waals surface area contributed by atoms with Crippen molar-refractivity contribution in [2.45, 2.75) is 6.61 Å². The first-order valence-corrected chi connectivity index (χ1v) is 10.8. The first-order valence-electron chi connectivity index (χ1n) is 9.62. The molecule has 1 heterocycles. The molecule has 0 aliphatic carbocycles. The van der Waals surface area contributed by atoms with Crippen molar-refractivity contribution in [1.82, 2.24) is 5.32 Å². The monoisotopic (exact) mass is 468 g/mol. The van der Waals surface area contributed by atoms with Crippen molar-refractivity contribution >= 4 is 46.2 Å². The molecule has 0 bridgehead atoms. The number of hydrogen-bond donors (Lipinski definition) is 1. The van der Waals surface area contributed by atoms with Gasteiger partial charge in [0.15, 0.2) is 16.7 Å². The SMILES string of the molecule is COc1ccc(/C=C2/SC(=Nc3ccccc3)NC2=O)cc1OCc1c(F)cccc1Cl. The molecule has 1 fully saturated rings.